The third-order valence-corrected chi connectivity index (χ3v) is 0.671. The Hall–Kier alpha value is -0.220. The van der Waals surface area contributed by atoms with Gasteiger partial charge in [0.2, 0.25) is 0 Å². The molecule has 0 unspecified atom stereocenters. The van der Waals surface area contributed by atoms with Gasteiger partial charge >= 0.3 is 5.97 Å². The molecule has 0 aliphatic carbocycles. The van der Waals surface area contributed by atoms with Gasteiger partial charge in [0.25, 0.3) is 0 Å². The molecule has 0 saturated heterocycles. The quantitative estimate of drug-likeness (QED) is 0.457. The van der Waals surface area contributed by atoms with Crippen molar-refractivity contribution < 1.29 is 20.9 Å². The summed E-state index contributed by atoms with van der Waals surface area (Å²) in [5, 5.41) is 8.57. The topological polar surface area (TPSA) is 63.3 Å². The number of nitrogens with two attached hydrogens (primary N) is 1. The van der Waals surface area contributed by atoms with Crippen molar-refractivity contribution in [1.29, 1.82) is 0 Å². The molecule has 3 N–H and O–H groups in total. The van der Waals surface area contributed by atoms with E-state index in [4.69, 9.17) is 21.8 Å². The fourth-order valence-electron chi connectivity index (χ4n) is 0.134. The molecule has 54 valence electrons. The maximum atomic E-state index is 10.6. The van der Waals surface area contributed by atoms with Gasteiger partial charge in [-0.25, -0.2) is 0 Å². The van der Waals surface area contributed by atoms with E-state index in [0.717, 1.165) is 0 Å². The molecule has 0 spiro atoms. The molecule has 0 aromatic heterocycles. The molecule has 4 heteroatoms. The standard InChI is InChI=1S/C5H11NO2S/c1-9-3-2-4(6)5(7)8/h4H,2-3,6H2,1H3,(H,7,8)/t4-/m0/s1/i1+1D3,2+1D2,3+1D2,4+1D,5+1,6+1. The minimum atomic E-state index is -3.40. The van der Waals surface area contributed by atoms with Crippen LogP contribution < -0.4 is 5.73 Å². The summed E-state index contributed by atoms with van der Waals surface area (Å²) < 4.78 is 56.6. The molecule has 0 radical (unpaired) electrons. The molecule has 1 atom stereocenters. The van der Waals surface area contributed by atoms with Gasteiger partial charge < -0.3 is 10.8 Å². The van der Waals surface area contributed by atoms with Gasteiger partial charge in [-0.2, -0.15) is 11.8 Å². The second-order valence-corrected chi connectivity index (χ2v) is 1.46. The largest absolute Gasteiger partial charge is 0.480 e. The third-order valence-electron chi connectivity index (χ3n) is 0.467. The number of aliphatic carboxylic acids is 1. The highest BCUT2D eigenvalue weighted by molar-refractivity contribution is 7.98. The van der Waals surface area contributed by atoms with Gasteiger partial charge in [-0.1, -0.05) is 0 Å². The molecule has 9 heavy (non-hydrogen) atoms. The normalized spacial score (nSPS) is 34.3. The van der Waals surface area contributed by atoms with E-state index in [1.807, 2.05) is 0 Å². The second kappa shape index (κ2) is 4.64. The van der Waals surface area contributed by atoms with Gasteiger partial charge in [0.15, 0.2) is 0 Å². The number of rotatable bonds is 4. The lowest BCUT2D eigenvalue weighted by molar-refractivity contribution is -0.138. The first-order valence-corrected chi connectivity index (χ1v) is 2.69. The Morgan fingerprint density at radius 1 is 2.33 bits per heavy atom. The van der Waals surface area contributed by atoms with Crippen LogP contribution in [-0.4, -0.2) is 29.0 Å². The number of hydrogen-bond donors (Lipinski definition) is 2. The van der Waals surface area contributed by atoms with Crippen LogP contribution in [0.3, 0.4) is 0 Å². The minimum Gasteiger partial charge on any atom is -0.480 e. The van der Waals surface area contributed by atoms with E-state index in [-0.39, 0.29) is 0 Å². The summed E-state index contributed by atoms with van der Waals surface area (Å²) in [6.45, 7) is 0. The van der Waals surface area contributed by atoms with Crippen LogP contribution in [0.2, 0.25) is 0 Å². The molecule has 3 nitrogen and oxygen atoms in total. The summed E-state index contributed by atoms with van der Waals surface area (Å²) in [6.07, 6.45) is -6.28. The van der Waals surface area contributed by atoms with Crippen molar-refractivity contribution in [2.75, 3.05) is 11.9 Å². The Labute approximate surface area is 69.9 Å². The van der Waals surface area contributed by atoms with Gasteiger partial charge in [-0.3, -0.25) is 4.79 Å². The van der Waals surface area contributed by atoms with Crippen LogP contribution in [0.25, 0.3) is 0 Å². The molecular formula is C5H11NO2S. The van der Waals surface area contributed by atoms with Crippen molar-refractivity contribution in [1.82, 2.24) is 0 Å². The Balaban J connectivity index is 5.37. The molecule has 0 bridgehead atoms. The first-order valence-electron chi connectivity index (χ1n) is 5.87. The van der Waals surface area contributed by atoms with Crippen molar-refractivity contribution in [3.8, 4) is 0 Å². The van der Waals surface area contributed by atoms with E-state index >= 15 is 0 Å². The first-order chi connectivity index (χ1) is 7.15. The fraction of sp³-hybridized carbons (Fsp3) is 0.800. The molecule has 0 heterocycles. The molecule has 0 amide bonds. The molecule has 0 aliphatic heterocycles. The van der Waals surface area contributed by atoms with Gasteiger partial charge in [-0.15, -0.1) is 0 Å². The van der Waals surface area contributed by atoms with E-state index in [0.29, 0.717) is 0 Å². The van der Waals surface area contributed by atoms with Crippen molar-refractivity contribution >= 4 is 17.7 Å². The number of carboxylic acid groups (broad SMARTS) is 1. The highest BCUT2D eigenvalue weighted by Gasteiger charge is 2.08. The summed E-state index contributed by atoms with van der Waals surface area (Å²) in [4.78, 5) is 10.6. The molecule has 0 rings (SSSR count). The minimum absolute atomic E-state index is 0.395. The maximum Gasteiger partial charge on any atom is 0.320 e. The third kappa shape index (κ3) is 4.29. The average molecular weight is 163 g/mol. The molecule has 0 aromatic rings. The van der Waals surface area contributed by atoms with E-state index < -0.39 is 42.0 Å². The smallest absolute Gasteiger partial charge is 0.320 e. The first kappa shape index (κ1) is 2.13. The second-order valence-electron chi connectivity index (χ2n) is 1.05. The zero-order chi connectivity index (χ0) is 14.3. The van der Waals surface area contributed by atoms with Crippen LogP contribution >= 0.6 is 11.8 Å². The maximum absolute atomic E-state index is 10.6. The lowest BCUT2D eigenvalue weighted by Crippen LogP contribution is -2.30. The zero-order valence-electron chi connectivity index (χ0n) is 12.3. The van der Waals surface area contributed by atoms with Crippen LogP contribution in [0, 0.1) is 0 Å². The summed E-state index contributed by atoms with van der Waals surface area (Å²) in [7, 11) is 0. The van der Waals surface area contributed by atoms with Crippen molar-refractivity contribution in [3.05, 3.63) is 0 Å². The summed E-state index contributed by atoms with van der Waals surface area (Å²) >= 11 is -0.395. The highest BCUT2D eigenvalue weighted by Crippen LogP contribution is 1.97. The Kier molecular flexibility index (Phi) is 1.10. The van der Waals surface area contributed by atoms with Crippen LogP contribution in [0.15, 0.2) is 0 Å². The molecule has 0 saturated carbocycles. The van der Waals surface area contributed by atoms with Crippen molar-refractivity contribution in [2.24, 2.45) is 5.73 Å². The monoisotopic (exact) mass is 163 g/mol. The Morgan fingerprint density at radius 2 is 3.00 bits per heavy atom. The molecule has 0 fully saturated rings. The molecule has 0 aromatic carbocycles. The lowest BCUT2D eigenvalue weighted by Gasteiger charge is -2.02. The van der Waals surface area contributed by atoms with Crippen molar-refractivity contribution in [3.63, 3.8) is 0 Å². The van der Waals surface area contributed by atoms with E-state index in [1.54, 1.807) is 0 Å². The molecule has 0 aliphatic rings. The highest BCUT2D eigenvalue weighted by atomic mass is 32.2. The number of hydrogen-bond acceptors (Lipinski definition) is 3. The van der Waals surface area contributed by atoms with E-state index in [9.17, 15) is 4.79 Å². The van der Waals surface area contributed by atoms with E-state index in [1.165, 1.54) is 0 Å². The van der Waals surface area contributed by atoms with E-state index in [2.05, 4.69) is 0 Å². The van der Waals surface area contributed by atoms with Crippen LogP contribution in [0.5, 0.6) is 0 Å². The number of carboxylic acids is 1. The predicted octanol–water partition coefficient (Wildman–Crippen LogP) is 0.151. The summed E-state index contributed by atoms with van der Waals surface area (Å²) in [5.41, 5.74) is 1.74. The Bertz CT molecular complexity index is 314. The van der Waals surface area contributed by atoms with Gasteiger partial charge in [0.05, 0.1) is 1.37 Å². The van der Waals surface area contributed by atoms with Gasteiger partial charge in [0.1, 0.15) is 6.02 Å². The number of thioether (sulfide) groups is 1. The van der Waals surface area contributed by atoms with Crippen LogP contribution in [0.1, 0.15) is 17.3 Å². The summed E-state index contributed by atoms with van der Waals surface area (Å²) in [5.74, 6) is -2.09. The fourth-order valence-corrected chi connectivity index (χ4v) is 0.295. The Morgan fingerprint density at radius 3 is 3.44 bits per heavy atom. The SMILES string of the molecule is [2H][13C]([2H])([2H])S[13C]([2H])([2H])[13C]([2H])([2H])[13C@]([2H])([15NH2])[13C](=O)O. The van der Waals surface area contributed by atoms with Crippen molar-refractivity contribution in [2.45, 2.75) is 12.4 Å². The lowest BCUT2D eigenvalue weighted by atomic mass is 11.2. The zero-order valence-corrected chi connectivity index (χ0v) is 5.16. The number of carbonyl (C=O) groups is 1. The predicted molar refractivity (Wildman–Crippen MR) is 38.6 cm³/mol. The van der Waals surface area contributed by atoms with Crippen LogP contribution in [0.4, 0.5) is 0 Å². The summed E-state index contributed by atoms with van der Waals surface area (Å²) in [6, 6.07) is -3.30. The molecular weight excluding hydrogens is 144 g/mol. The average Bonchev–Trinajstić information content (AvgIpc) is 1.98. The van der Waals surface area contributed by atoms with Crippen LogP contribution in [-0.2, 0) is 4.79 Å². The van der Waals surface area contributed by atoms with Gasteiger partial charge in [-0.05, 0) is 18.3 Å². The van der Waals surface area contributed by atoms with Gasteiger partial charge in [0, 0.05) is 9.60 Å².